The summed E-state index contributed by atoms with van der Waals surface area (Å²) in [5.74, 6) is 0.0345. The lowest BCUT2D eigenvalue weighted by molar-refractivity contribution is -0.112. The number of rotatable bonds is 4. The highest BCUT2D eigenvalue weighted by Gasteiger charge is 2.35. The van der Waals surface area contributed by atoms with Crippen LogP contribution in [-0.4, -0.2) is 18.0 Å². The van der Waals surface area contributed by atoms with Crippen LogP contribution in [0.15, 0.2) is 42.0 Å². The molecule has 0 saturated heterocycles. The second-order valence-electron chi connectivity index (χ2n) is 8.92. The van der Waals surface area contributed by atoms with Crippen molar-refractivity contribution in [3.05, 3.63) is 64.2 Å². The summed E-state index contributed by atoms with van der Waals surface area (Å²) in [6.07, 6.45) is 2.75. The maximum absolute atomic E-state index is 12.7. The molecule has 2 aromatic carbocycles. The summed E-state index contributed by atoms with van der Waals surface area (Å²) in [5, 5.41) is 12.5. The maximum Gasteiger partial charge on any atom is 0.266 e. The summed E-state index contributed by atoms with van der Waals surface area (Å²) in [5.41, 5.74) is 6.46. The van der Waals surface area contributed by atoms with Gasteiger partial charge in [-0.1, -0.05) is 30.7 Å². The SMILES string of the molecule is CCN1c2ccc(/C=C(/C#N)C(=O)Nc3ccc(C)cc3C)cc2[C@H](C)CC1(C)C. The summed E-state index contributed by atoms with van der Waals surface area (Å²) in [6.45, 7) is 13.9. The minimum Gasteiger partial charge on any atom is -0.366 e. The zero-order valence-corrected chi connectivity index (χ0v) is 18.8. The third-order valence-electron chi connectivity index (χ3n) is 6.03. The van der Waals surface area contributed by atoms with Crippen LogP contribution in [0.5, 0.6) is 0 Å². The molecular weight excluding hydrogens is 370 g/mol. The number of amides is 1. The highest BCUT2D eigenvalue weighted by atomic mass is 16.1. The number of hydrogen-bond acceptors (Lipinski definition) is 3. The quantitative estimate of drug-likeness (QED) is 0.508. The third-order valence-corrected chi connectivity index (χ3v) is 6.03. The third kappa shape index (κ3) is 4.26. The molecule has 0 saturated carbocycles. The fraction of sp³-hybridized carbons (Fsp3) is 0.385. The van der Waals surface area contributed by atoms with E-state index in [4.69, 9.17) is 0 Å². The molecule has 4 heteroatoms. The van der Waals surface area contributed by atoms with E-state index in [0.29, 0.717) is 5.92 Å². The zero-order valence-electron chi connectivity index (χ0n) is 18.8. The van der Waals surface area contributed by atoms with Crippen LogP contribution < -0.4 is 10.2 Å². The monoisotopic (exact) mass is 401 g/mol. The van der Waals surface area contributed by atoms with Crippen LogP contribution in [0, 0.1) is 25.2 Å². The van der Waals surface area contributed by atoms with E-state index in [2.05, 4.69) is 56.1 Å². The molecule has 1 atom stereocenters. The Balaban J connectivity index is 1.91. The fourth-order valence-electron chi connectivity index (χ4n) is 4.66. The minimum atomic E-state index is -0.383. The van der Waals surface area contributed by atoms with Crippen LogP contribution in [0.25, 0.3) is 6.08 Å². The van der Waals surface area contributed by atoms with Crippen molar-refractivity contribution in [1.29, 1.82) is 5.26 Å². The van der Waals surface area contributed by atoms with Gasteiger partial charge in [0.2, 0.25) is 0 Å². The molecule has 3 rings (SSSR count). The van der Waals surface area contributed by atoms with E-state index in [1.165, 1.54) is 11.3 Å². The largest absolute Gasteiger partial charge is 0.366 e. The van der Waals surface area contributed by atoms with E-state index in [0.717, 1.165) is 35.3 Å². The van der Waals surface area contributed by atoms with E-state index >= 15 is 0 Å². The van der Waals surface area contributed by atoms with Crippen LogP contribution in [0.1, 0.15) is 62.3 Å². The molecule has 0 spiro atoms. The smallest absolute Gasteiger partial charge is 0.266 e. The normalized spacial score (nSPS) is 17.8. The lowest BCUT2D eigenvalue weighted by Crippen LogP contribution is -2.48. The molecule has 0 fully saturated rings. The van der Waals surface area contributed by atoms with Gasteiger partial charge in [-0.2, -0.15) is 5.26 Å². The van der Waals surface area contributed by atoms with Crippen LogP contribution in [0.2, 0.25) is 0 Å². The molecule has 0 aromatic heterocycles. The molecule has 0 aliphatic carbocycles. The second-order valence-corrected chi connectivity index (χ2v) is 8.92. The molecule has 0 unspecified atom stereocenters. The number of anilines is 2. The highest BCUT2D eigenvalue weighted by Crippen LogP contribution is 2.43. The first-order valence-corrected chi connectivity index (χ1v) is 10.6. The van der Waals surface area contributed by atoms with Crippen LogP contribution in [-0.2, 0) is 4.79 Å². The van der Waals surface area contributed by atoms with Crippen LogP contribution >= 0.6 is 0 Å². The molecule has 1 aliphatic rings. The van der Waals surface area contributed by atoms with Crippen molar-refractivity contribution in [3.8, 4) is 6.07 Å². The molecule has 1 N–H and O–H groups in total. The topological polar surface area (TPSA) is 56.1 Å². The first-order chi connectivity index (χ1) is 14.2. The standard InChI is InChI=1S/C26H31N3O/c1-7-29-24-11-9-20(14-22(24)19(4)15-26(29,5)6)13-21(16-27)25(30)28-23-10-8-17(2)12-18(23)3/h8-14,19H,7,15H2,1-6H3,(H,28,30)/b21-13-/t19-/m1/s1. The molecule has 2 aromatic rings. The van der Waals surface area contributed by atoms with Crippen molar-refractivity contribution in [1.82, 2.24) is 0 Å². The highest BCUT2D eigenvalue weighted by molar-refractivity contribution is 6.10. The molecular formula is C26H31N3O. The molecule has 0 radical (unpaired) electrons. The van der Waals surface area contributed by atoms with Gasteiger partial charge in [0.1, 0.15) is 11.6 Å². The lowest BCUT2D eigenvalue weighted by atomic mass is 9.79. The molecule has 1 aliphatic heterocycles. The van der Waals surface area contributed by atoms with Gasteiger partial charge in [0, 0.05) is 23.5 Å². The second kappa shape index (κ2) is 8.36. The Kier molecular flexibility index (Phi) is 6.03. The van der Waals surface area contributed by atoms with Crippen molar-refractivity contribution in [2.75, 3.05) is 16.8 Å². The van der Waals surface area contributed by atoms with E-state index in [1.807, 2.05) is 38.1 Å². The van der Waals surface area contributed by atoms with E-state index in [9.17, 15) is 10.1 Å². The number of fused-ring (bicyclic) bond motifs is 1. The van der Waals surface area contributed by atoms with E-state index < -0.39 is 0 Å². The Morgan fingerprint density at radius 2 is 2.00 bits per heavy atom. The van der Waals surface area contributed by atoms with Crippen molar-refractivity contribution in [2.24, 2.45) is 0 Å². The Morgan fingerprint density at radius 1 is 1.27 bits per heavy atom. The Labute approximate surface area is 180 Å². The van der Waals surface area contributed by atoms with Crippen molar-refractivity contribution in [2.45, 2.75) is 59.4 Å². The number of nitrogens with zero attached hydrogens (tertiary/aromatic N) is 2. The fourth-order valence-corrected chi connectivity index (χ4v) is 4.66. The molecule has 4 nitrogen and oxygen atoms in total. The van der Waals surface area contributed by atoms with E-state index in [1.54, 1.807) is 6.08 Å². The van der Waals surface area contributed by atoms with E-state index in [-0.39, 0.29) is 17.0 Å². The van der Waals surface area contributed by atoms with Gasteiger partial charge < -0.3 is 10.2 Å². The maximum atomic E-state index is 12.7. The summed E-state index contributed by atoms with van der Waals surface area (Å²) in [7, 11) is 0. The van der Waals surface area contributed by atoms with Crippen molar-refractivity contribution in [3.63, 3.8) is 0 Å². The average molecular weight is 402 g/mol. The van der Waals surface area contributed by atoms with Gasteiger partial charge in [-0.05, 0) is 87.9 Å². The number of nitriles is 1. The van der Waals surface area contributed by atoms with Gasteiger partial charge in [0.25, 0.3) is 5.91 Å². The van der Waals surface area contributed by atoms with Gasteiger partial charge in [-0.15, -0.1) is 0 Å². The van der Waals surface area contributed by atoms with Crippen LogP contribution in [0.4, 0.5) is 11.4 Å². The molecule has 1 amide bonds. The van der Waals surface area contributed by atoms with Gasteiger partial charge in [0.05, 0.1) is 0 Å². The van der Waals surface area contributed by atoms with Gasteiger partial charge in [-0.3, -0.25) is 4.79 Å². The number of nitrogens with one attached hydrogen (secondary N) is 1. The van der Waals surface area contributed by atoms with Crippen LogP contribution in [0.3, 0.4) is 0 Å². The summed E-state index contributed by atoms with van der Waals surface area (Å²) < 4.78 is 0. The van der Waals surface area contributed by atoms with Gasteiger partial charge in [-0.25, -0.2) is 0 Å². The average Bonchev–Trinajstić information content (AvgIpc) is 2.68. The molecule has 0 bridgehead atoms. The Bertz CT molecular complexity index is 1040. The Hall–Kier alpha value is -3.06. The number of carbonyl (C=O) groups excluding carboxylic acids is 1. The summed E-state index contributed by atoms with van der Waals surface area (Å²) in [4.78, 5) is 15.2. The van der Waals surface area contributed by atoms with Crippen molar-refractivity contribution >= 4 is 23.4 Å². The van der Waals surface area contributed by atoms with Gasteiger partial charge >= 0.3 is 0 Å². The lowest BCUT2D eigenvalue weighted by Gasteiger charge is -2.47. The molecule has 30 heavy (non-hydrogen) atoms. The predicted molar refractivity (Wildman–Crippen MR) is 125 cm³/mol. The number of hydrogen-bond donors (Lipinski definition) is 1. The van der Waals surface area contributed by atoms with Crippen molar-refractivity contribution < 1.29 is 4.79 Å². The first-order valence-electron chi connectivity index (χ1n) is 10.6. The zero-order chi connectivity index (χ0) is 22.1. The van der Waals surface area contributed by atoms with Gasteiger partial charge in [0.15, 0.2) is 0 Å². The predicted octanol–water partition coefficient (Wildman–Crippen LogP) is 5.96. The minimum absolute atomic E-state index is 0.103. The molecule has 156 valence electrons. The summed E-state index contributed by atoms with van der Waals surface area (Å²) >= 11 is 0. The number of benzene rings is 2. The summed E-state index contributed by atoms with van der Waals surface area (Å²) in [6, 6.07) is 14.1. The molecule has 1 heterocycles. The first kappa shape index (κ1) is 21.6. The Morgan fingerprint density at radius 3 is 2.63 bits per heavy atom. The number of carbonyl (C=O) groups is 1. The number of aryl methyl sites for hydroxylation is 2.